The van der Waals surface area contributed by atoms with Crippen LogP contribution in [0.25, 0.3) is 0 Å². The molecule has 0 atom stereocenters. The van der Waals surface area contributed by atoms with Gasteiger partial charge in [-0.1, -0.05) is 64.1 Å². The molecule has 0 spiro atoms. The molecular formula is C22H27N2NiO-. The normalized spacial score (nSPS) is 14.5. The molecule has 1 aliphatic heterocycles. The van der Waals surface area contributed by atoms with Crippen LogP contribution < -0.4 is 4.90 Å². The molecule has 1 aliphatic rings. The Balaban J connectivity index is 0.00000169. The second-order valence-corrected chi connectivity index (χ2v) is 6.94. The molecule has 0 aromatic heterocycles. The van der Waals surface area contributed by atoms with Crippen LogP contribution in [0, 0.1) is 7.43 Å². The van der Waals surface area contributed by atoms with Crippen molar-refractivity contribution in [3.63, 3.8) is 0 Å². The van der Waals surface area contributed by atoms with Gasteiger partial charge in [-0.05, 0) is 29.0 Å². The van der Waals surface area contributed by atoms with Crippen LogP contribution in [0.2, 0.25) is 0 Å². The maximum absolute atomic E-state index is 12.7. The summed E-state index contributed by atoms with van der Waals surface area (Å²) in [7, 11) is 1.81. The number of hydrogen-bond acceptors (Lipinski definition) is 2. The molecule has 0 fully saturated rings. The molecule has 0 radical (unpaired) electrons. The summed E-state index contributed by atoms with van der Waals surface area (Å²) in [6.07, 6.45) is 0. The largest absolute Gasteiger partial charge is 0.358 e. The SMILES string of the molecule is CC(C)c1cccc(C(C)C)c1N=C1C(=O)N(C)c2ccccc21.[CH3-].[Ni]. The van der Waals surface area contributed by atoms with Gasteiger partial charge in [-0.3, -0.25) is 4.79 Å². The number of benzene rings is 2. The fourth-order valence-corrected chi connectivity index (χ4v) is 3.21. The topological polar surface area (TPSA) is 32.7 Å². The Bertz CT molecular complexity index is 798. The number of para-hydroxylation sites is 2. The molecule has 0 aliphatic carbocycles. The molecule has 1 amide bonds. The summed E-state index contributed by atoms with van der Waals surface area (Å²) >= 11 is 0. The Kier molecular flexibility index (Phi) is 7.35. The van der Waals surface area contributed by atoms with Crippen molar-refractivity contribution in [2.24, 2.45) is 4.99 Å². The van der Waals surface area contributed by atoms with Gasteiger partial charge in [0.05, 0.1) is 11.4 Å². The maximum atomic E-state index is 12.7. The van der Waals surface area contributed by atoms with E-state index in [9.17, 15) is 4.79 Å². The number of anilines is 1. The van der Waals surface area contributed by atoms with Crippen LogP contribution in [-0.2, 0) is 21.3 Å². The van der Waals surface area contributed by atoms with Crippen LogP contribution in [-0.4, -0.2) is 18.7 Å². The van der Waals surface area contributed by atoms with Crippen molar-refractivity contribution >= 4 is 23.0 Å². The van der Waals surface area contributed by atoms with Gasteiger partial charge in [-0.2, -0.15) is 0 Å². The van der Waals surface area contributed by atoms with E-state index in [1.54, 1.807) is 11.9 Å². The minimum absolute atomic E-state index is 0. The van der Waals surface area contributed by atoms with Crippen LogP contribution in [0.1, 0.15) is 56.2 Å². The number of amides is 1. The Labute approximate surface area is 167 Å². The van der Waals surface area contributed by atoms with Crippen LogP contribution in [0.5, 0.6) is 0 Å². The van der Waals surface area contributed by atoms with Gasteiger partial charge < -0.3 is 12.3 Å². The molecule has 2 aromatic carbocycles. The average Bonchev–Trinajstić information content (AvgIpc) is 2.80. The van der Waals surface area contributed by atoms with E-state index in [0.717, 1.165) is 16.9 Å². The van der Waals surface area contributed by atoms with E-state index < -0.39 is 0 Å². The molecule has 0 saturated heterocycles. The predicted octanol–water partition coefficient (Wildman–Crippen LogP) is 5.48. The molecule has 1 heterocycles. The van der Waals surface area contributed by atoms with E-state index in [1.807, 2.05) is 24.3 Å². The number of carbonyl (C=O) groups is 1. The molecule has 3 nitrogen and oxygen atoms in total. The van der Waals surface area contributed by atoms with Gasteiger partial charge in [-0.15, -0.1) is 0 Å². The zero-order valence-corrected chi connectivity index (χ0v) is 17.3. The number of aliphatic imine (C=N–C) groups is 1. The van der Waals surface area contributed by atoms with Crippen molar-refractivity contribution < 1.29 is 21.3 Å². The van der Waals surface area contributed by atoms with Crippen LogP contribution >= 0.6 is 0 Å². The van der Waals surface area contributed by atoms with Crippen molar-refractivity contribution in [2.75, 3.05) is 11.9 Å². The van der Waals surface area contributed by atoms with Crippen molar-refractivity contribution in [2.45, 2.75) is 39.5 Å². The molecule has 0 bridgehead atoms. The molecule has 2 aromatic rings. The van der Waals surface area contributed by atoms with Crippen molar-refractivity contribution in [3.8, 4) is 0 Å². The fourth-order valence-electron chi connectivity index (χ4n) is 3.21. The van der Waals surface area contributed by atoms with E-state index in [-0.39, 0.29) is 29.8 Å². The average molecular weight is 394 g/mol. The van der Waals surface area contributed by atoms with Gasteiger partial charge in [0, 0.05) is 29.1 Å². The van der Waals surface area contributed by atoms with E-state index in [0.29, 0.717) is 17.5 Å². The second-order valence-electron chi connectivity index (χ2n) is 6.94. The van der Waals surface area contributed by atoms with Crippen molar-refractivity contribution in [1.29, 1.82) is 0 Å². The van der Waals surface area contributed by atoms with Crippen LogP contribution in [0.3, 0.4) is 0 Å². The first-order valence-electron chi connectivity index (χ1n) is 8.50. The Morgan fingerprint density at radius 3 is 1.96 bits per heavy atom. The molecule has 4 heteroatoms. The van der Waals surface area contributed by atoms with Gasteiger partial charge in [0.1, 0.15) is 5.71 Å². The second kappa shape index (κ2) is 8.64. The monoisotopic (exact) mass is 393 g/mol. The number of carbonyl (C=O) groups excluding carboxylic acids is 1. The summed E-state index contributed by atoms with van der Waals surface area (Å²) in [6.45, 7) is 8.67. The summed E-state index contributed by atoms with van der Waals surface area (Å²) in [5.41, 5.74) is 5.72. The smallest absolute Gasteiger partial charge is 0.277 e. The van der Waals surface area contributed by atoms with Gasteiger partial charge in [0.2, 0.25) is 0 Å². The first-order chi connectivity index (χ1) is 11.4. The van der Waals surface area contributed by atoms with Gasteiger partial charge in [0.25, 0.3) is 5.91 Å². The van der Waals surface area contributed by atoms with Crippen LogP contribution in [0.15, 0.2) is 47.5 Å². The standard InChI is InChI=1S/C21H24N2O.CH3.Ni/c1-13(2)15-10-8-11-16(14(3)4)19(15)22-20-17-9-6-7-12-18(17)23(5)21(20)24;;/h6-14H,1-5H3;1H3;/q;-1;. The van der Waals surface area contributed by atoms with E-state index in [4.69, 9.17) is 4.99 Å². The first kappa shape index (κ1) is 22.1. The molecule has 0 saturated carbocycles. The predicted molar refractivity (Wildman–Crippen MR) is 107 cm³/mol. The third-order valence-electron chi connectivity index (χ3n) is 4.59. The third-order valence-corrected chi connectivity index (χ3v) is 4.59. The molecule has 142 valence electrons. The minimum atomic E-state index is -0.0375. The zero-order chi connectivity index (χ0) is 17.4. The third kappa shape index (κ3) is 3.76. The van der Waals surface area contributed by atoms with Crippen molar-refractivity contribution in [3.05, 3.63) is 66.6 Å². The molecule has 0 N–H and O–H groups in total. The number of rotatable bonds is 3. The summed E-state index contributed by atoms with van der Waals surface area (Å²) < 4.78 is 0. The zero-order valence-electron chi connectivity index (χ0n) is 16.3. The Hall–Kier alpha value is -1.93. The van der Waals surface area contributed by atoms with Gasteiger partial charge in [-0.25, -0.2) is 4.99 Å². The first-order valence-corrected chi connectivity index (χ1v) is 8.50. The van der Waals surface area contributed by atoms with Crippen molar-refractivity contribution in [1.82, 2.24) is 0 Å². The fraction of sp³-hybridized carbons (Fsp3) is 0.318. The number of fused-ring (bicyclic) bond motifs is 1. The summed E-state index contributed by atoms with van der Waals surface area (Å²) in [5, 5.41) is 0. The molecule has 0 unspecified atom stereocenters. The molecule has 3 rings (SSSR count). The van der Waals surface area contributed by atoms with Gasteiger partial charge in [0.15, 0.2) is 0 Å². The van der Waals surface area contributed by atoms with Gasteiger partial charge >= 0.3 is 0 Å². The summed E-state index contributed by atoms with van der Waals surface area (Å²) in [6, 6.07) is 14.2. The number of hydrogen-bond donors (Lipinski definition) is 0. The minimum Gasteiger partial charge on any atom is -0.358 e. The number of nitrogens with zero attached hydrogens (tertiary/aromatic N) is 2. The quantitative estimate of drug-likeness (QED) is 0.502. The maximum Gasteiger partial charge on any atom is 0.277 e. The Morgan fingerprint density at radius 2 is 1.42 bits per heavy atom. The Morgan fingerprint density at radius 1 is 0.885 bits per heavy atom. The molecule has 26 heavy (non-hydrogen) atoms. The molecular weight excluding hydrogens is 367 g/mol. The van der Waals surface area contributed by atoms with E-state index in [2.05, 4.69) is 45.9 Å². The van der Waals surface area contributed by atoms with Crippen LogP contribution in [0.4, 0.5) is 11.4 Å². The summed E-state index contributed by atoms with van der Waals surface area (Å²) in [5.74, 6) is 0.671. The number of likely N-dealkylation sites (N-methyl/N-ethyl adjacent to an activating group) is 1. The van der Waals surface area contributed by atoms with E-state index >= 15 is 0 Å². The van der Waals surface area contributed by atoms with E-state index in [1.165, 1.54) is 11.1 Å². The summed E-state index contributed by atoms with van der Waals surface area (Å²) in [4.78, 5) is 19.3.